The lowest BCUT2D eigenvalue weighted by Gasteiger charge is -2.32. The van der Waals surface area contributed by atoms with Crippen molar-refractivity contribution < 1.29 is 9.53 Å². The zero-order valence-corrected chi connectivity index (χ0v) is 10.5. The average molecular weight is 228 g/mol. The van der Waals surface area contributed by atoms with Gasteiger partial charge in [0, 0.05) is 26.6 Å². The summed E-state index contributed by atoms with van der Waals surface area (Å²) in [5.74, 6) is 0.0201. The third kappa shape index (κ3) is 5.47. The van der Waals surface area contributed by atoms with Gasteiger partial charge in [0.05, 0.1) is 12.7 Å². The summed E-state index contributed by atoms with van der Waals surface area (Å²) in [7, 11) is 0. The zero-order valence-electron chi connectivity index (χ0n) is 10.5. The number of carbonyl (C=O) groups is 1. The fourth-order valence-corrected chi connectivity index (χ4v) is 1.95. The van der Waals surface area contributed by atoms with Crippen LogP contribution in [0.3, 0.4) is 0 Å². The number of hydrogen-bond donors (Lipinski definition) is 1. The molecule has 1 rings (SSSR count). The molecular formula is C12H24N2O2. The molecular weight excluding hydrogens is 204 g/mol. The lowest BCUT2D eigenvalue weighted by molar-refractivity contribution is -0.120. The van der Waals surface area contributed by atoms with E-state index < -0.39 is 0 Å². The van der Waals surface area contributed by atoms with Crippen LogP contribution >= 0.6 is 0 Å². The summed E-state index contributed by atoms with van der Waals surface area (Å²) >= 11 is 0. The molecule has 1 saturated heterocycles. The second kappa shape index (κ2) is 7.63. The first-order valence-corrected chi connectivity index (χ1v) is 6.30. The highest BCUT2D eigenvalue weighted by Gasteiger charge is 2.19. The minimum Gasteiger partial charge on any atom is -0.374 e. The van der Waals surface area contributed by atoms with E-state index in [9.17, 15) is 4.79 Å². The molecule has 0 aliphatic carbocycles. The molecule has 0 aromatic carbocycles. The van der Waals surface area contributed by atoms with Gasteiger partial charge in [-0.05, 0) is 13.0 Å². The molecule has 0 bridgehead atoms. The molecule has 16 heavy (non-hydrogen) atoms. The van der Waals surface area contributed by atoms with Gasteiger partial charge < -0.3 is 10.1 Å². The first-order valence-electron chi connectivity index (χ1n) is 6.30. The highest BCUT2D eigenvalue weighted by Crippen LogP contribution is 2.06. The molecule has 0 aromatic heterocycles. The molecule has 1 amide bonds. The summed E-state index contributed by atoms with van der Waals surface area (Å²) in [4.78, 5) is 13.2. The predicted octanol–water partition coefficient (Wildman–Crippen LogP) is 1.01. The summed E-state index contributed by atoms with van der Waals surface area (Å²) in [5, 5.41) is 2.81. The Morgan fingerprint density at radius 1 is 1.50 bits per heavy atom. The minimum atomic E-state index is 0.0201. The van der Waals surface area contributed by atoms with E-state index in [1.54, 1.807) is 6.92 Å². The van der Waals surface area contributed by atoms with Gasteiger partial charge in [-0.2, -0.15) is 0 Å². The number of rotatable bonds is 6. The Morgan fingerprint density at radius 3 is 3.00 bits per heavy atom. The fraction of sp³-hybridized carbons (Fsp3) is 0.917. The van der Waals surface area contributed by atoms with E-state index >= 15 is 0 Å². The van der Waals surface area contributed by atoms with E-state index in [0.29, 0.717) is 6.54 Å². The van der Waals surface area contributed by atoms with E-state index in [4.69, 9.17) is 4.74 Å². The van der Waals surface area contributed by atoms with Gasteiger partial charge in [0.15, 0.2) is 0 Å². The molecule has 1 heterocycles. The monoisotopic (exact) mass is 228 g/mol. The van der Waals surface area contributed by atoms with Crippen LogP contribution in [-0.2, 0) is 9.53 Å². The van der Waals surface area contributed by atoms with Crippen LogP contribution in [-0.4, -0.2) is 49.7 Å². The summed E-state index contributed by atoms with van der Waals surface area (Å²) in [6.07, 6.45) is 4.00. The van der Waals surface area contributed by atoms with Crippen molar-refractivity contribution in [2.24, 2.45) is 0 Å². The van der Waals surface area contributed by atoms with Crippen molar-refractivity contribution in [2.45, 2.75) is 39.2 Å². The van der Waals surface area contributed by atoms with E-state index in [-0.39, 0.29) is 12.0 Å². The maximum atomic E-state index is 10.8. The molecule has 0 aromatic rings. The summed E-state index contributed by atoms with van der Waals surface area (Å²) < 4.78 is 5.61. The molecule has 0 spiro atoms. The molecule has 0 unspecified atom stereocenters. The topological polar surface area (TPSA) is 41.6 Å². The Bertz CT molecular complexity index is 209. The van der Waals surface area contributed by atoms with Crippen molar-refractivity contribution in [3.63, 3.8) is 0 Å². The molecule has 4 heteroatoms. The Kier molecular flexibility index (Phi) is 6.42. The number of nitrogens with one attached hydrogen (secondary N) is 1. The minimum absolute atomic E-state index is 0.0201. The van der Waals surface area contributed by atoms with Crippen LogP contribution in [0.25, 0.3) is 0 Å². The third-order valence-corrected chi connectivity index (χ3v) is 2.88. The second-order valence-electron chi connectivity index (χ2n) is 4.44. The molecule has 1 aliphatic heterocycles. The van der Waals surface area contributed by atoms with Crippen LogP contribution in [0.1, 0.15) is 33.1 Å². The van der Waals surface area contributed by atoms with Gasteiger partial charge in [0.1, 0.15) is 0 Å². The third-order valence-electron chi connectivity index (χ3n) is 2.88. The van der Waals surface area contributed by atoms with Crippen molar-refractivity contribution in [2.75, 3.05) is 32.8 Å². The molecule has 0 radical (unpaired) electrons. The summed E-state index contributed by atoms with van der Waals surface area (Å²) in [5.41, 5.74) is 0. The summed E-state index contributed by atoms with van der Waals surface area (Å²) in [6.45, 7) is 8.33. The molecule has 1 aliphatic rings. The number of amides is 1. The van der Waals surface area contributed by atoms with Crippen molar-refractivity contribution >= 4 is 5.91 Å². The van der Waals surface area contributed by atoms with Gasteiger partial charge in [0.25, 0.3) is 0 Å². The van der Waals surface area contributed by atoms with Crippen LogP contribution in [0, 0.1) is 0 Å². The quantitative estimate of drug-likeness (QED) is 0.690. The van der Waals surface area contributed by atoms with E-state index in [2.05, 4.69) is 17.1 Å². The molecule has 1 N–H and O–H groups in total. The molecule has 1 fully saturated rings. The van der Waals surface area contributed by atoms with E-state index in [1.807, 2.05) is 0 Å². The van der Waals surface area contributed by atoms with Gasteiger partial charge in [0.2, 0.25) is 5.91 Å². The Balaban J connectivity index is 2.16. The SMILES string of the molecule is CCCCCN1CCO[C@H](CNC(C)=O)C1. The van der Waals surface area contributed by atoms with Crippen LogP contribution in [0.4, 0.5) is 0 Å². The normalized spacial score (nSPS) is 22.0. The molecule has 1 atom stereocenters. The van der Waals surface area contributed by atoms with Gasteiger partial charge >= 0.3 is 0 Å². The van der Waals surface area contributed by atoms with Gasteiger partial charge in [-0.25, -0.2) is 0 Å². The largest absolute Gasteiger partial charge is 0.374 e. The first kappa shape index (κ1) is 13.5. The number of morpholine rings is 1. The van der Waals surface area contributed by atoms with Crippen molar-refractivity contribution in [1.82, 2.24) is 10.2 Å². The van der Waals surface area contributed by atoms with Crippen LogP contribution in [0.15, 0.2) is 0 Å². The van der Waals surface area contributed by atoms with Gasteiger partial charge in [-0.3, -0.25) is 9.69 Å². The van der Waals surface area contributed by atoms with Crippen molar-refractivity contribution in [3.8, 4) is 0 Å². The fourth-order valence-electron chi connectivity index (χ4n) is 1.95. The standard InChI is InChI=1S/C12H24N2O2/c1-3-4-5-6-14-7-8-16-12(10-14)9-13-11(2)15/h12H,3-10H2,1-2H3,(H,13,15)/t12-/m1/s1. The summed E-state index contributed by atoms with van der Waals surface area (Å²) in [6, 6.07) is 0. The molecule has 0 saturated carbocycles. The number of ether oxygens (including phenoxy) is 1. The van der Waals surface area contributed by atoms with Crippen molar-refractivity contribution in [3.05, 3.63) is 0 Å². The zero-order chi connectivity index (χ0) is 11.8. The second-order valence-corrected chi connectivity index (χ2v) is 4.44. The number of hydrogen-bond acceptors (Lipinski definition) is 3. The highest BCUT2D eigenvalue weighted by atomic mass is 16.5. The maximum Gasteiger partial charge on any atom is 0.216 e. The smallest absolute Gasteiger partial charge is 0.216 e. The lowest BCUT2D eigenvalue weighted by Crippen LogP contribution is -2.47. The Labute approximate surface area is 98.3 Å². The Hall–Kier alpha value is -0.610. The number of unbranched alkanes of at least 4 members (excludes halogenated alkanes) is 2. The van der Waals surface area contributed by atoms with Crippen LogP contribution in [0.5, 0.6) is 0 Å². The van der Waals surface area contributed by atoms with E-state index in [1.165, 1.54) is 19.3 Å². The van der Waals surface area contributed by atoms with Gasteiger partial charge in [-0.1, -0.05) is 19.8 Å². The highest BCUT2D eigenvalue weighted by molar-refractivity contribution is 5.72. The Morgan fingerprint density at radius 2 is 2.31 bits per heavy atom. The van der Waals surface area contributed by atoms with E-state index in [0.717, 1.165) is 26.2 Å². The number of nitrogens with zero attached hydrogens (tertiary/aromatic N) is 1. The molecule has 4 nitrogen and oxygen atoms in total. The number of carbonyl (C=O) groups excluding carboxylic acids is 1. The van der Waals surface area contributed by atoms with Crippen molar-refractivity contribution in [1.29, 1.82) is 0 Å². The van der Waals surface area contributed by atoms with Crippen LogP contribution < -0.4 is 5.32 Å². The van der Waals surface area contributed by atoms with Crippen LogP contribution in [0.2, 0.25) is 0 Å². The maximum absolute atomic E-state index is 10.8. The first-order chi connectivity index (χ1) is 7.72. The predicted molar refractivity (Wildman–Crippen MR) is 64.4 cm³/mol. The lowest BCUT2D eigenvalue weighted by atomic mass is 10.2. The van der Waals surface area contributed by atoms with Gasteiger partial charge in [-0.15, -0.1) is 0 Å². The average Bonchev–Trinajstić information content (AvgIpc) is 2.27. The molecule has 94 valence electrons.